The molecule has 1 saturated heterocycles. The lowest BCUT2D eigenvalue weighted by Gasteiger charge is -2.25. The van der Waals surface area contributed by atoms with Gasteiger partial charge in [0.15, 0.2) is 0 Å². The molecule has 184 valence electrons. The number of nitrogens with zero attached hydrogens (tertiary/aromatic N) is 2. The second-order valence-electron chi connectivity index (χ2n) is 8.47. The number of H-pyrrole nitrogens is 2. The monoisotopic (exact) mass is 480 g/mol. The zero-order chi connectivity index (χ0) is 25.3. The molecule has 35 heavy (non-hydrogen) atoms. The number of imidazole rings is 1. The van der Waals surface area contributed by atoms with Gasteiger partial charge >= 0.3 is 5.97 Å². The number of amides is 1. The smallest absolute Gasteiger partial charge is 0.355 e. The number of furan rings is 1. The third-order valence-corrected chi connectivity index (χ3v) is 6.12. The van der Waals surface area contributed by atoms with Gasteiger partial charge in [0.2, 0.25) is 12.1 Å². The average Bonchev–Trinajstić information content (AvgIpc) is 3.58. The molecule has 1 atom stereocenters. The highest BCUT2D eigenvalue weighted by Gasteiger charge is 2.45. The van der Waals surface area contributed by atoms with Gasteiger partial charge in [-0.15, -0.1) is 0 Å². The number of ketones is 1. The van der Waals surface area contributed by atoms with Crippen LogP contribution in [0.15, 0.2) is 40.8 Å². The Hall–Kier alpha value is -4.08. The lowest BCUT2D eigenvalue weighted by atomic mass is 9.97. The summed E-state index contributed by atoms with van der Waals surface area (Å²) in [5, 5.41) is 13.8. The standard InChI is InChI=1S/C25H28N4O6/c1-5-34-25(33)20-15(3)18(16(4)27-20)22(30)19-21(17-8-7-14(2)35-17)29(24(32)23(19)31)11-6-10-28-12-9-26-13-28/h7-9,12-13,21H,5-6,10-11H2,1-4H3,(H2,27,30,31,33). The minimum absolute atomic E-state index is 0.149. The van der Waals surface area contributed by atoms with Gasteiger partial charge in [0, 0.05) is 24.2 Å². The van der Waals surface area contributed by atoms with Gasteiger partial charge in [0.05, 0.1) is 13.2 Å². The van der Waals surface area contributed by atoms with Crippen LogP contribution in [0.5, 0.6) is 0 Å². The van der Waals surface area contributed by atoms with Crippen molar-refractivity contribution in [2.45, 2.75) is 46.7 Å². The van der Waals surface area contributed by atoms with Crippen molar-refractivity contribution in [1.29, 1.82) is 0 Å². The first-order valence-electron chi connectivity index (χ1n) is 11.5. The van der Waals surface area contributed by atoms with Gasteiger partial charge in [-0.25, -0.2) is 9.36 Å². The first-order valence-corrected chi connectivity index (χ1v) is 11.5. The molecule has 2 N–H and O–H groups in total. The summed E-state index contributed by atoms with van der Waals surface area (Å²) in [5.41, 5.74) is 0.938. The lowest BCUT2D eigenvalue weighted by Crippen LogP contribution is -2.36. The molecule has 0 saturated carbocycles. The number of Topliss-reactive ketones (excluding diaryl/α,β-unsaturated/α-hetero) is 1. The van der Waals surface area contributed by atoms with Crippen molar-refractivity contribution >= 4 is 23.4 Å². The topological polar surface area (TPSA) is 135 Å². The second kappa shape index (κ2) is 9.65. The number of carbonyl (C=O) groups excluding carboxylic acids is 3. The van der Waals surface area contributed by atoms with Crippen LogP contribution in [-0.4, -0.2) is 45.7 Å². The Bertz CT molecular complexity index is 1300. The Morgan fingerprint density at radius 3 is 2.66 bits per heavy atom. The Morgan fingerprint density at radius 2 is 2.03 bits per heavy atom. The number of carbonyl (C=O) groups is 3. The average molecular weight is 481 g/mol. The summed E-state index contributed by atoms with van der Waals surface area (Å²) in [6.45, 7) is 7.75. The van der Waals surface area contributed by atoms with E-state index in [1.54, 1.807) is 52.4 Å². The molecule has 4 heterocycles. The lowest BCUT2D eigenvalue weighted by molar-refractivity contribution is -0.695. The summed E-state index contributed by atoms with van der Waals surface area (Å²) < 4.78 is 12.8. The number of hydrogen-bond acceptors (Lipinski definition) is 6. The van der Waals surface area contributed by atoms with Crippen LogP contribution in [0.3, 0.4) is 0 Å². The van der Waals surface area contributed by atoms with E-state index in [0.717, 1.165) is 0 Å². The molecule has 0 aliphatic carbocycles. The van der Waals surface area contributed by atoms with Crippen molar-refractivity contribution in [2.75, 3.05) is 13.2 Å². The van der Waals surface area contributed by atoms with E-state index in [1.807, 2.05) is 10.8 Å². The van der Waals surface area contributed by atoms with Gasteiger partial charge in [0.1, 0.15) is 35.6 Å². The van der Waals surface area contributed by atoms with Gasteiger partial charge in [-0.05, 0) is 51.0 Å². The minimum atomic E-state index is -0.952. The highest BCUT2D eigenvalue weighted by molar-refractivity contribution is 6.46. The maximum Gasteiger partial charge on any atom is 0.355 e. The van der Waals surface area contributed by atoms with Crippen LogP contribution in [0, 0.1) is 20.8 Å². The summed E-state index contributed by atoms with van der Waals surface area (Å²) in [4.78, 5) is 45.8. The maximum atomic E-state index is 13.8. The predicted molar refractivity (Wildman–Crippen MR) is 122 cm³/mol. The Morgan fingerprint density at radius 1 is 1.26 bits per heavy atom. The first kappa shape index (κ1) is 24.1. The van der Waals surface area contributed by atoms with E-state index in [2.05, 4.69) is 9.97 Å². The number of ether oxygens (including phenoxy) is 1. The number of esters is 1. The molecule has 1 amide bonds. The predicted octanol–water partition coefficient (Wildman–Crippen LogP) is 1.64. The van der Waals surface area contributed by atoms with Crippen LogP contribution in [-0.2, 0) is 20.9 Å². The molecule has 0 spiro atoms. The third kappa shape index (κ3) is 4.39. The molecule has 1 aliphatic heterocycles. The van der Waals surface area contributed by atoms with Crippen molar-refractivity contribution in [1.82, 2.24) is 14.9 Å². The molecule has 3 aromatic rings. The maximum absolute atomic E-state index is 13.8. The number of hydrogen-bond donors (Lipinski definition) is 2. The number of aryl methyl sites for hydroxylation is 3. The summed E-state index contributed by atoms with van der Waals surface area (Å²) in [6.07, 6.45) is 6.01. The molecule has 1 aliphatic rings. The van der Waals surface area contributed by atoms with Crippen LogP contribution in [0.4, 0.5) is 0 Å². The number of nitrogens with one attached hydrogen (secondary N) is 2. The number of aromatic amines is 2. The van der Waals surface area contributed by atoms with E-state index in [4.69, 9.17) is 9.15 Å². The van der Waals surface area contributed by atoms with Crippen molar-refractivity contribution in [2.24, 2.45) is 0 Å². The molecule has 10 nitrogen and oxygen atoms in total. The molecule has 0 radical (unpaired) electrons. The summed E-state index contributed by atoms with van der Waals surface area (Å²) in [7, 11) is 0. The summed E-state index contributed by atoms with van der Waals surface area (Å²) in [6, 6.07) is 2.45. The molecule has 0 aromatic carbocycles. The fourth-order valence-corrected chi connectivity index (χ4v) is 4.51. The van der Waals surface area contributed by atoms with Crippen LogP contribution < -0.4 is 9.67 Å². The van der Waals surface area contributed by atoms with Crippen molar-refractivity contribution in [3.8, 4) is 0 Å². The van der Waals surface area contributed by atoms with E-state index in [0.29, 0.717) is 35.7 Å². The summed E-state index contributed by atoms with van der Waals surface area (Å²) in [5.74, 6) is -1.86. The van der Waals surface area contributed by atoms with E-state index >= 15 is 0 Å². The van der Waals surface area contributed by atoms with Crippen molar-refractivity contribution in [3.05, 3.63) is 70.5 Å². The number of likely N-dealkylation sites (tertiary alicyclic amines) is 1. The second-order valence-corrected chi connectivity index (χ2v) is 8.47. The van der Waals surface area contributed by atoms with Gasteiger partial charge in [-0.1, -0.05) is 5.76 Å². The zero-order valence-electron chi connectivity index (χ0n) is 20.1. The van der Waals surface area contributed by atoms with Gasteiger partial charge in [-0.2, -0.15) is 0 Å². The Balaban J connectivity index is 1.76. The number of rotatable bonds is 8. The Labute approximate surface area is 202 Å². The summed E-state index contributed by atoms with van der Waals surface area (Å²) >= 11 is 0. The van der Waals surface area contributed by atoms with E-state index < -0.39 is 29.5 Å². The fourth-order valence-electron chi connectivity index (χ4n) is 4.51. The van der Waals surface area contributed by atoms with Crippen LogP contribution in [0.2, 0.25) is 0 Å². The van der Waals surface area contributed by atoms with Gasteiger partial charge < -0.3 is 24.1 Å². The van der Waals surface area contributed by atoms with E-state index in [9.17, 15) is 19.5 Å². The molecule has 0 bridgehead atoms. The van der Waals surface area contributed by atoms with Crippen LogP contribution in [0.1, 0.15) is 58.2 Å². The van der Waals surface area contributed by atoms with Gasteiger partial charge in [0.25, 0.3) is 5.91 Å². The van der Waals surface area contributed by atoms with Gasteiger partial charge in [-0.3, -0.25) is 14.6 Å². The molecule has 10 heteroatoms. The SMILES string of the molecule is CCOC(=O)c1[nH]c(C)c(C([O-])=C2C(=O)C(=O)N(CCC[n+]3cc[nH]c3)C2c2ccc(C)o2)c1C. The molecule has 1 unspecified atom stereocenters. The van der Waals surface area contributed by atoms with Crippen molar-refractivity contribution in [3.63, 3.8) is 0 Å². The van der Waals surface area contributed by atoms with E-state index in [-0.39, 0.29) is 30.0 Å². The normalized spacial score (nSPS) is 17.4. The first-order chi connectivity index (χ1) is 16.7. The third-order valence-electron chi connectivity index (χ3n) is 6.12. The highest BCUT2D eigenvalue weighted by Crippen LogP contribution is 2.40. The highest BCUT2D eigenvalue weighted by atomic mass is 16.5. The molecular formula is C25H28N4O6. The molecular weight excluding hydrogens is 452 g/mol. The van der Waals surface area contributed by atoms with Crippen LogP contribution >= 0.6 is 0 Å². The van der Waals surface area contributed by atoms with E-state index in [1.165, 1.54) is 4.90 Å². The minimum Gasteiger partial charge on any atom is -0.872 e. The quantitative estimate of drug-likeness (QED) is 0.165. The molecule has 4 rings (SSSR count). The fraction of sp³-hybridized carbons (Fsp3) is 0.360. The zero-order valence-corrected chi connectivity index (χ0v) is 20.1. The largest absolute Gasteiger partial charge is 0.872 e. The Kier molecular flexibility index (Phi) is 6.63. The molecule has 1 fully saturated rings. The number of aromatic nitrogens is 3. The molecule has 3 aromatic heterocycles. The van der Waals surface area contributed by atoms with Crippen LogP contribution in [0.25, 0.3) is 5.76 Å². The van der Waals surface area contributed by atoms with Crippen molar-refractivity contribution < 1.29 is 33.2 Å².